The Hall–Kier alpha value is -3.49. The first-order valence-electron chi connectivity index (χ1n) is 9.33. The molecule has 0 bridgehead atoms. The van der Waals surface area contributed by atoms with E-state index in [1.807, 2.05) is 42.5 Å². The van der Waals surface area contributed by atoms with Crippen LogP contribution >= 0.6 is 22.9 Å². The summed E-state index contributed by atoms with van der Waals surface area (Å²) in [4.78, 5) is 18.4. The van der Waals surface area contributed by atoms with Crippen LogP contribution in [0.2, 0.25) is 5.02 Å². The van der Waals surface area contributed by atoms with Crippen LogP contribution in [0, 0.1) is 0 Å². The van der Waals surface area contributed by atoms with Gasteiger partial charge in [-0.1, -0.05) is 23.7 Å². The van der Waals surface area contributed by atoms with Crippen LogP contribution in [-0.4, -0.2) is 26.9 Å². The summed E-state index contributed by atoms with van der Waals surface area (Å²) >= 11 is 7.59. The highest BCUT2D eigenvalue weighted by atomic mass is 35.5. The molecule has 3 aromatic heterocycles. The molecule has 31 heavy (non-hydrogen) atoms. The molecule has 0 radical (unpaired) electrons. The molecule has 7 nitrogen and oxygen atoms in total. The van der Waals surface area contributed by atoms with Gasteiger partial charge in [0.05, 0.1) is 29.5 Å². The van der Waals surface area contributed by atoms with Crippen molar-refractivity contribution >= 4 is 33.2 Å². The summed E-state index contributed by atoms with van der Waals surface area (Å²) in [5.41, 5.74) is 2.13. The maximum absolute atomic E-state index is 13.0. The van der Waals surface area contributed by atoms with Crippen LogP contribution in [0.4, 0.5) is 0 Å². The zero-order chi connectivity index (χ0) is 21.4. The predicted octanol–water partition coefficient (Wildman–Crippen LogP) is 4.89. The lowest BCUT2D eigenvalue weighted by molar-refractivity contribution is 0.415. The van der Waals surface area contributed by atoms with E-state index >= 15 is 0 Å². The fourth-order valence-corrected chi connectivity index (χ4v) is 4.44. The van der Waals surface area contributed by atoms with Crippen molar-refractivity contribution in [3.63, 3.8) is 0 Å². The third-order valence-electron chi connectivity index (χ3n) is 4.76. The van der Waals surface area contributed by atoms with Crippen molar-refractivity contribution in [2.24, 2.45) is 0 Å². The number of halogens is 1. The van der Waals surface area contributed by atoms with Gasteiger partial charge in [-0.2, -0.15) is 0 Å². The lowest BCUT2D eigenvalue weighted by Crippen LogP contribution is -2.20. The van der Waals surface area contributed by atoms with Gasteiger partial charge in [0.1, 0.15) is 17.0 Å². The molecule has 0 aliphatic rings. The van der Waals surface area contributed by atoms with Gasteiger partial charge in [0.2, 0.25) is 11.8 Å². The highest BCUT2D eigenvalue weighted by Crippen LogP contribution is 2.32. The molecule has 0 saturated heterocycles. The Morgan fingerprint density at radius 3 is 2.71 bits per heavy atom. The molecule has 0 spiro atoms. The Morgan fingerprint density at radius 1 is 1.13 bits per heavy atom. The molecule has 9 heteroatoms. The molecule has 0 unspecified atom stereocenters. The van der Waals surface area contributed by atoms with E-state index in [2.05, 4.69) is 15.2 Å². The first-order valence-corrected chi connectivity index (χ1v) is 10.5. The minimum absolute atomic E-state index is 0.120. The largest absolute Gasteiger partial charge is 0.497 e. The lowest BCUT2D eigenvalue weighted by Gasteiger charge is -2.01. The SMILES string of the molecule is COc1ccc(-c2cc3ncn(Cc4nnc(-c5ccccc5Cl)o4)c(=O)c3s2)cc1. The van der Waals surface area contributed by atoms with E-state index in [9.17, 15) is 4.79 Å². The van der Waals surface area contributed by atoms with Gasteiger partial charge in [0.25, 0.3) is 5.56 Å². The Kier molecular flexibility index (Phi) is 5.01. The molecule has 0 saturated carbocycles. The molecule has 5 rings (SSSR count). The molecule has 2 aromatic carbocycles. The van der Waals surface area contributed by atoms with Crippen LogP contribution < -0.4 is 10.3 Å². The lowest BCUT2D eigenvalue weighted by atomic mass is 10.2. The van der Waals surface area contributed by atoms with E-state index in [1.54, 1.807) is 19.2 Å². The minimum atomic E-state index is -0.160. The van der Waals surface area contributed by atoms with Gasteiger partial charge in [0, 0.05) is 4.88 Å². The molecule has 0 N–H and O–H groups in total. The van der Waals surface area contributed by atoms with E-state index < -0.39 is 0 Å². The Balaban J connectivity index is 1.45. The summed E-state index contributed by atoms with van der Waals surface area (Å²) in [5.74, 6) is 1.38. The maximum Gasteiger partial charge on any atom is 0.271 e. The van der Waals surface area contributed by atoms with E-state index in [0.717, 1.165) is 16.2 Å². The molecule has 0 atom stereocenters. The number of hydrogen-bond donors (Lipinski definition) is 0. The van der Waals surface area contributed by atoms with Gasteiger partial charge < -0.3 is 9.15 Å². The number of methoxy groups -OCH3 is 1. The quantitative estimate of drug-likeness (QED) is 0.379. The van der Waals surface area contributed by atoms with Crippen molar-refractivity contribution in [3.05, 3.63) is 82.2 Å². The van der Waals surface area contributed by atoms with E-state index in [0.29, 0.717) is 32.6 Å². The van der Waals surface area contributed by atoms with Crippen molar-refractivity contribution in [1.82, 2.24) is 19.7 Å². The molecule has 0 aliphatic carbocycles. The van der Waals surface area contributed by atoms with Crippen LogP contribution in [-0.2, 0) is 6.54 Å². The van der Waals surface area contributed by atoms with Crippen LogP contribution in [0.25, 0.3) is 32.1 Å². The monoisotopic (exact) mass is 450 g/mol. The first kappa shape index (κ1) is 19.5. The predicted molar refractivity (Wildman–Crippen MR) is 120 cm³/mol. The Morgan fingerprint density at radius 2 is 1.94 bits per heavy atom. The smallest absolute Gasteiger partial charge is 0.271 e. The number of thiophene rings is 1. The zero-order valence-electron chi connectivity index (χ0n) is 16.3. The van der Waals surface area contributed by atoms with Gasteiger partial charge in [-0.25, -0.2) is 4.98 Å². The maximum atomic E-state index is 13.0. The molecule has 3 heterocycles. The average Bonchev–Trinajstić information content (AvgIpc) is 3.44. The van der Waals surface area contributed by atoms with Crippen molar-refractivity contribution in [1.29, 1.82) is 0 Å². The standard InChI is InChI=1S/C22H15ClN4O3S/c1-29-14-8-6-13(7-9-14)18-10-17-20(31-18)22(28)27(12-24-17)11-19-25-26-21(30-19)15-4-2-3-5-16(15)23/h2-10,12H,11H2,1H3. The number of ether oxygens (including phenoxy) is 1. The van der Waals surface area contributed by atoms with Gasteiger partial charge in [-0.05, 0) is 48.0 Å². The van der Waals surface area contributed by atoms with E-state index in [4.69, 9.17) is 20.8 Å². The number of benzene rings is 2. The molecule has 0 fully saturated rings. The second-order valence-corrected chi connectivity index (χ2v) is 8.17. The fraction of sp³-hybridized carbons (Fsp3) is 0.0909. The minimum Gasteiger partial charge on any atom is -0.497 e. The van der Waals surface area contributed by atoms with E-state index in [1.165, 1.54) is 22.2 Å². The highest BCUT2D eigenvalue weighted by molar-refractivity contribution is 7.22. The van der Waals surface area contributed by atoms with Gasteiger partial charge in [-0.3, -0.25) is 9.36 Å². The summed E-state index contributed by atoms with van der Waals surface area (Å²) in [7, 11) is 1.63. The summed E-state index contributed by atoms with van der Waals surface area (Å²) < 4.78 is 12.9. The number of aromatic nitrogens is 4. The third kappa shape index (κ3) is 3.71. The number of nitrogens with zero attached hydrogens (tertiary/aromatic N) is 4. The second kappa shape index (κ2) is 7.98. The molecule has 154 valence electrons. The van der Waals surface area contributed by atoms with Crippen molar-refractivity contribution in [3.8, 4) is 27.6 Å². The summed E-state index contributed by atoms with van der Waals surface area (Å²) in [6, 6.07) is 16.8. The average molecular weight is 451 g/mol. The van der Waals surface area contributed by atoms with Crippen LogP contribution in [0.3, 0.4) is 0 Å². The molecule has 0 amide bonds. The number of rotatable bonds is 5. The third-order valence-corrected chi connectivity index (χ3v) is 6.25. The molecular formula is C22H15ClN4O3S. The van der Waals surface area contributed by atoms with Crippen molar-refractivity contribution < 1.29 is 9.15 Å². The Bertz CT molecular complexity index is 1440. The normalized spacial score (nSPS) is 11.2. The van der Waals surface area contributed by atoms with E-state index in [-0.39, 0.29) is 12.1 Å². The van der Waals surface area contributed by atoms with Crippen LogP contribution in [0.15, 0.2) is 70.1 Å². The molecule has 0 aliphatic heterocycles. The Labute approximate surface area is 185 Å². The summed E-state index contributed by atoms with van der Waals surface area (Å²) in [5, 5.41) is 8.61. The number of fused-ring (bicyclic) bond motifs is 1. The van der Waals surface area contributed by atoms with Gasteiger partial charge >= 0.3 is 0 Å². The zero-order valence-corrected chi connectivity index (χ0v) is 17.9. The number of hydrogen-bond acceptors (Lipinski definition) is 7. The van der Waals surface area contributed by atoms with Crippen LogP contribution in [0.1, 0.15) is 5.89 Å². The molecule has 5 aromatic rings. The van der Waals surface area contributed by atoms with Gasteiger partial charge in [0.15, 0.2) is 0 Å². The highest BCUT2D eigenvalue weighted by Gasteiger charge is 2.15. The van der Waals surface area contributed by atoms with Crippen molar-refractivity contribution in [2.45, 2.75) is 6.54 Å². The first-order chi connectivity index (χ1) is 15.1. The van der Waals surface area contributed by atoms with Crippen LogP contribution in [0.5, 0.6) is 5.75 Å². The summed E-state index contributed by atoms with van der Waals surface area (Å²) in [6.07, 6.45) is 1.49. The van der Waals surface area contributed by atoms with Gasteiger partial charge in [-0.15, -0.1) is 21.5 Å². The molecular weight excluding hydrogens is 436 g/mol. The fourth-order valence-electron chi connectivity index (χ4n) is 3.16. The topological polar surface area (TPSA) is 83.0 Å². The second-order valence-electron chi connectivity index (χ2n) is 6.71. The van der Waals surface area contributed by atoms with Crippen molar-refractivity contribution in [2.75, 3.05) is 7.11 Å². The summed E-state index contributed by atoms with van der Waals surface area (Å²) in [6.45, 7) is 0.120.